The topological polar surface area (TPSA) is 21.3 Å². The lowest BCUT2D eigenvalue weighted by atomic mass is 10.1. The molecule has 0 bridgehead atoms. The third-order valence-electron chi connectivity index (χ3n) is 2.78. The Morgan fingerprint density at radius 1 is 1.39 bits per heavy atom. The van der Waals surface area contributed by atoms with Crippen LogP contribution in [0.15, 0.2) is 18.2 Å². The van der Waals surface area contributed by atoms with Crippen LogP contribution in [-0.2, 0) is 0 Å². The molecular weight excluding hydrogens is 249 g/mol. The zero-order chi connectivity index (χ0) is 13.5. The molecule has 1 N–H and O–H groups in total. The first kappa shape index (κ1) is 15.3. The molecule has 0 radical (unpaired) electrons. The van der Waals surface area contributed by atoms with Crippen molar-refractivity contribution in [1.82, 2.24) is 5.32 Å². The normalized spacial score (nSPS) is 14.3. The molecule has 0 fully saturated rings. The van der Waals surface area contributed by atoms with E-state index in [2.05, 4.69) is 19.2 Å². The maximum Gasteiger partial charge on any atom is 0.165 e. The van der Waals surface area contributed by atoms with Gasteiger partial charge in [-0.25, -0.2) is 4.39 Å². The Balaban J connectivity index is 2.61. The second kappa shape index (κ2) is 7.64. The molecule has 102 valence electrons. The number of methoxy groups -OCH3 is 1. The Morgan fingerprint density at radius 2 is 2.11 bits per heavy atom. The summed E-state index contributed by atoms with van der Waals surface area (Å²) in [6.45, 7) is 6.35. The van der Waals surface area contributed by atoms with E-state index in [1.165, 1.54) is 13.2 Å². The standard InChI is InChI=1S/C14H22FNOS/c1-5-18-9-10(2)16-11(3)12-6-7-14(17-4)13(15)8-12/h6-8,10-11,16H,5,9H2,1-4H3. The average molecular weight is 271 g/mol. The summed E-state index contributed by atoms with van der Waals surface area (Å²) < 4.78 is 18.5. The van der Waals surface area contributed by atoms with Crippen molar-refractivity contribution in [1.29, 1.82) is 0 Å². The van der Waals surface area contributed by atoms with Crippen molar-refractivity contribution >= 4 is 11.8 Å². The molecule has 0 saturated carbocycles. The zero-order valence-corrected chi connectivity index (χ0v) is 12.3. The first-order valence-corrected chi connectivity index (χ1v) is 7.41. The first-order valence-electron chi connectivity index (χ1n) is 6.25. The number of nitrogens with one attached hydrogen (secondary N) is 1. The van der Waals surface area contributed by atoms with Crippen LogP contribution in [0.2, 0.25) is 0 Å². The van der Waals surface area contributed by atoms with Gasteiger partial charge in [0.05, 0.1) is 7.11 Å². The Morgan fingerprint density at radius 3 is 2.67 bits per heavy atom. The van der Waals surface area contributed by atoms with Crippen molar-refractivity contribution in [3.63, 3.8) is 0 Å². The van der Waals surface area contributed by atoms with Gasteiger partial charge in [0.1, 0.15) is 0 Å². The number of ether oxygens (including phenoxy) is 1. The summed E-state index contributed by atoms with van der Waals surface area (Å²) in [6.07, 6.45) is 0. The lowest BCUT2D eigenvalue weighted by Gasteiger charge is -2.20. The van der Waals surface area contributed by atoms with E-state index in [1.807, 2.05) is 24.8 Å². The van der Waals surface area contributed by atoms with E-state index in [4.69, 9.17) is 4.74 Å². The Bertz CT molecular complexity index is 373. The third kappa shape index (κ3) is 4.50. The second-order valence-corrected chi connectivity index (χ2v) is 5.66. The van der Waals surface area contributed by atoms with Gasteiger partial charge < -0.3 is 10.1 Å². The minimum atomic E-state index is -0.306. The molecule has 4 heteroatoms. The minimum absolute atomic E-state index is 0.137. The van der Waals surface area contributed by atoms with Crippen molar-refractivity contribution in [3.05, 3.63) is 29.6 Å². The van der Waals surface area contributed by atoms with Crippen molar-refractivity contribution in [2.45, 2.75) is 32.9 Å². The van der Waals surface area contributed by atoms with Gasteiger partial charge in [-0.2, -0.15) is 11.8 Å². The monoisotopic (exact) mass is 271 g/mol. The van der Waals surface area contributed by atoms with Crippen LogP contribution in [0, 0.1) is 5.82 Å². The highest BCUT2D eigenvalue weighted by molar-refractivity contribution is 7.99. The highest BCUT2D eigenvalue weighted by Crippen LogP contribution is 2.22. The highest BCUT2D eigenvalue weighted by Gasteiger charge is 2.11. The first-order chi connectivity index (χ1) is 8.58. The quantitative estimate of drug-likeness (QED) is 0.818. The lowest BCUT2D eigenvalue weighted by molar-refractivity contribution is 0.385. The number of benzene rings is 1. The molecule has 0 aliphatic carbocycles. The summed E-state index contributed by atoms with van der Waals surface area (Å²) in [5.41, 5.74) is 0.946. The van der Waals surface area contributed by atoms with Gasteiger partial charge in [0.2, 0.25) is 0 Å². The fraction of sp³-hybridized carbons (Fsp3) is 0.571. The third-order valence-corrected chi connectivity index (χ3v) is 3.93. The maximum atomic E-state index is 13.6. The fourth-order valence-corrected chi connectivity index (χ4v) is 2.50. The summed E-state index contributed by atoms with van der Waals surface area (Å²) in [5, 5.41) is 3.47. The summed E-state index contributed by atoms with van der Waals surface area (Å²) in [5.74, 6) is 2.18. The molecule has 0 aliphatic rings. The van der Waals surface area contributed by atoms with E-state index < -0.39 is 0 Å². The fourth-order valence-electron chi connectivity index (χ4n) is 1.82. The van der Waals surface area contributed by atoms with Gasteiger partial charge in [0, 0.05) is 17.8 Å². The molecule has 1 rings (SSSR count). The summed E-state index contributed by atoms with van der Waals surface area (Å²) in [4.78, 5) is 0. The molecule has 0 amide bonds. The van der Waals surface area contributed by atoms with Crippen LogP contribution < -0.4 is 10.1 Å². The lowest BCUT2D eigenvalue weighted by Crippen LogP contribution is -2.31. The molecule has 0 heterocycles. The van der Waals surface area contributed by atoms with Crippen LogP contribution in [0.5, 0.6) is 5.75 Å². The maximum absolute atomic E-state index is 13.6. The number of hydrogen-bond donors (Lipinski definition) is 1. The van der Waals surface area contributed by atoms with Crippen molar-refractivity contribution in [2.75, 3.05) is 18.6 Å². The Labute approximate surface area is 113 Å². The van der Waals surface area contributed by atoms with Crippen LogP contribution in [0.3, 0.4) is 0 Å². The van der Waals surface area contributed by atoms with Gasteiger partial charge in [0.25, 0.3) is 0 Å². The van der Waals surface area contributed by atoms with E-state index in [0.717, 1.165) is 17.1 Å². The van der Waals surface area contributed by atoms with E-state index >= 15 is 0 Å². The van der Waals surface area contributed by atoms with E-state index in [1.54, 1.807) is 6.07 Å². The average Bonchev–Trinajstić information content (AvgIpc) is 2.36. The van der Waals surface area contributed by atoms with Crippen molar-refractivity contribution < 1.29 is 9.13 Å². The molecule has 2 unspecified atom stereocenters. The predicted molar refractivity (Wildman–Crippen MR) is 77.0 cm³/mol. The van der Waals surface area contributed by atoms with Crippen LogP contribution >= 0.6 is 11.8 Å². The smallest absolute Gasteiger partial charge is 0.165 e. The summed E-state index contributed by atoms with van der Waals surface area (Å²) >= 11 is 1.91. The van der Waals surface area contributed by atoms with Gasteiger partial charge in [-0.3, -0.25) is 0 Å². The van der Waals surface area contributed by atoms with Crippen molar-refractivity contribution in [3.8, 4) is 5.75 Å². The molecule has 0 saturated heterocycles. The molecular formula is C14H22FNOS. The van der Waals surface area contributed by atoms with Crippen LogP contribution in [0.25, 0.3) is 0 Å². The predicted octanol–water partition coefficient (Wildman–Crippen LogP) is 3.63. The van der Waals surface area contributed by atoms with Gasteiger partial charge in [-0.15, -0.1) is 0 Å². The Hall–Kier alpha value is -0.740. The summed E-state index contributed by atoms with van der Waals surface area (Å²) in [6, 6.07) is 5.66. The molecule has 2 nitrogen and oxygen atoms in total. The zero-order valence-electron chi connectivity index (χ0n) is 11.5. The highest BCUT2D eigenvalue weighted by atomic mass is 32.2. The van der Waals surface area contributed by atoms with Gasteiger partial charge in [0.15, 0.2) is 11.6 Å². The molecule has 1 aromatic carbocycles. The second-order valence-electron chi connectivity index (χ2n) is 4.34. The molecule has 18 heavy (non-hydrogen) atoms. The molecule has 0 aliphatic heterocycles. The molecule has 2 atom stereocenters. The van der Waals surface area contributed by atoms with Crippen molar-refractivity contribution in [2.24, 2.45) is 0 Å². The number of halogens is 1. The minimum Gasteiger partial charge on any atom is -0.494 e. The van der Waals surface area contributed by atoms with Gasteiger partial charge in [-0.05, 0) is 37.3 Å². The van der Waals surface area contributed by atoms with Crippen LogP contribution in [0.1, 0.15) is 32.4 Å². The summed E-state index contributed by atoms with van der Waals surface area (Å²) in [7, 11) is 1.48. The number of thioether (sulfide) groups is 1. The van der Waals surface area contributed by atoms with Gasteiger partial charge in [-0.1, -0.05) is 13.0 Å². The van der Waals surface area contributed by atoms with E-state index in [-0.39, 0.29) is 11.9 Å². The number of rotatable bonds is 7. The molecule has 0 aromatic heterocycles. The number of hydrogen-bond acceptors (Lipinski definition) is 3. The largest absolute Gasteiger partial charge is 0.494 e. The van der Waals surface area contributed by atoms with Gasteiger partial charge >= 0.3 is 0 Å². The van der Waals surface area contributed by atoms with E-state index in [9.17, 15) is 4.39 Å². The molecule has 0 spiro atoms. The Kier molecular flexibility index (Phi) is 6.50. The van der Waals surface area contributed by atoms with Crippen LogP contribution in [0.4, 0.5) is 4.39 Å². The SMILES string of the molecule is CCSCC(C)NC(C)c1ccc(OC)c(F)c1. The van der Waals surface area contributed by atoms with Crippen LogP contribution in [-0.4, -0.2) is 24.7 Å². The molecule has 1 aromatic rings. The van der Waals surface area contributed by atoms with E-state index in [0.29, 0.717) is 11.8 Å².